The first kappa shape index (κ1) is 21.2. The molecule has 0 aliphatic rings. The Labute approximate surface area is 155 Å². The highest BCUT2D eigenvalue weighted by molar-refractivity contribution is 7.90. The second kappa shape index (κ2) is 8.99. The molecule has 0 aliphatic carbocycles. The molecule has 0 heterocycles. The standard InChI is InChI=1S/C18H22N2O3S.ClH/c1-13(17(19)15-6-4-3-5-7-15)18(21)20-12-14-8-10-16(11-9-14)24(2,22)23;/h3-11,13,17H,12,19H2,1-2H3,(H,20,21);1H. The van der Waals surface area contributed by atoms with E-state index in [4.69, 9.17) is 5.73 Å². The lowest BCUT2D eigenvalue weighted by molar-refractivity contribution is -0.125. The van der Waals surface area contributed by atoms with E-state index in [1.54, 1.807) is 19.1 Å². The first-order chi connectivity index (χ1) is 11.3. The summed E-state index contributed by atoms with van der Waals surface area (Å²) in [7, 11) is -3.21. The normalized spacial score (nSPS) is 13.4. The van der Waals surface area contributed by atoms with Crippen molar-refractivity contribution in [1.29, 1.82) is 0 Å². The Morgan fingerprint density at radius 1 is 1.08 bits per heavy atom. The third kappa shape index (κ3) is 5.85. The summed E-state index contributed by atoms with van der Waals surface area (Å²) in [6.07, 6.45) is 1.16. The van der Waals surface area contributed by atoms with Crippen LogP contribution in [-0.4, -0.2) is 20.6 Å². The zero-order valence-corrected chi connectivity index (χ0v) is 15.8. The predicted octanol–water partition coefficient (Wildman–Crippen LogP) is 2.46. The van der Waals surface area contributed by atoms with Crippen LogP contribution >= 0.6 is 12.4 Å². The zero-order valence-electron chi connectivity index (χ0n) is 14.2. The molecule has 0 bridgehead atoms. The Balaban J connectivity index is 0.00000312. The molecule has 0 saturated carbocycles. The van der Waals surface area contributed by atoms with Gasteiger partial charge in [-0.05, 0) is 23.3 Å². The maximum absolute atomic E-state index is 12.3. The number of benzene rings is 2. The molecule has 2 atom stereocenters. The van der Waals surface area contributed by atoms with Gasteiger partial charge in [0.25, 0.3) is 0 Å². The average molecular weight is 383 g/mol. The van der Waals surface area contributed by atoms with Crippen LogP contribution in [0, 0.1) is 5.92 Å². The third-order valence-electron chi connectivity index (χ3n) is 3.95. The maximum Gasteiger partial charge on any atom is 0.225 e. The molecule has 5 nitrogen and oxygen atoms in total. The summed E-state index contributed by atoms with van der Waals surface area (Å²) in [5, 5.41) is 2.84. The highest BCUT2D eigenvalue weighted by atomic mass is 35.5. The van der Waals surface area contributed by atoms with Gasteiger partial charge in [-0.2, -0.15) is 0 Å². The first-order valence-electron chi connectivity index (χ1n) is 7.66. The van der Waals surface area contributed by atoms with Gasteiger partial charge in [0.1, 0.15) is 0 Å². The van der Waals surface area contributed by atoms with E-state index in [0.717, 1.165) is 17.4 Å². The number of carbonyl (C=O) groups excluding carboxylic acids is 1. The first-order valence-corrected chi connectivity index (χ1v) is 9.55. The lowest BCUT2D eigenvalue weighted by Gasteiger charge is -2.20. The fraction of sp³-hybridized carbons (Fsp3) is 0.278. The van der Waals surface area contributed by atoms with Crippen LogP contribution in [0.25, 0.3) is 0 Å². The third-order valence-corrected chi connectivity index (χ3v) is 5.08. The molecule has 2 rings (SSSR count). The van der Waals surface area contributed by atoms with E-state index in [-0.39, 0.29) is 35.2 Å². The van der Waals surface area contributed by atoms with Crippen LogP contribution in [0.1, 0.15) is 24.1 Å². The van der Waals surface area contributed by atoms with Gasteiger partial charge in [0.15, 0.2) is 9.84 Å². The Morgan fingerprint density at radius 3 is 2.16 bits per heavy atom. The minimum atomic E-state index is -3.21. The summed E-state index contributed by atoms with van der Waals surface area (Å²) in [6.45, 7) is 2.12. The van der Waals surface area contributed by atoms with E-state index >= 15 is 0 Å². The summed E-state index contributed by atoms with van der Waals surface area (Å²) < 4.78 is 22.9. The van der Waals surface area contributed by atoms with E-state index in [1.165, 1.54) is 12.1 Å². The molecule has 3 N–H and O–H groups in total. The Morgan fingerprint density at radius 2 is 1.64 bits per heavy atom. The summed E-state index contributed by atoms with van der Waals surface area (Å²) in [6, 6.07) is 15.6. The largest absolute Gasteiger partial charge is 0.352 e. The van der Waals surface area contributed by atoms with Gasteiger partial charge in [-0.3, -0.25) is 4.79 Å². The van der Waals surface area contributed by atoms with Crippen molar-refractivity contribution in [3.8, 4) is 0 Å². The minimum absolute atomic E-state index is 0. The number of hydrogen-bond donors (Lipinski definition) is 2. The topological polar surface area (TPSA) is 89.3 Å². The van der Waals surface area contributed by atoms with Crippen LogP contribution < -0.4 is 11.1 Å². The van der Waals surface area contributed by atoms with Gasteiger partial charge in [-0.15, -0.1) is 12.4 Å². The number of halogens is 1. The van der Waals surface area contributed by atoms with Crippen LogP contribution in [0.5, 0.6) is 0 Å². The van der Waals surface area contributed by atoms with Crippen molar-refractivity contribution in [3.63, 3.8) is 0 Å². The summed E-state index contributed by atoms with van der Waals surface area (Å²) >= 11 is 0. The molecule has 136 valence electrons. The lowest BCUT2D eigenvalue weighted by Crippen LogP contribution is -2.35. The van der Waals surface area contributed by atoms with Crippen molar-refractivity contribution < 1.29 is 13.2 Å². The smallest absolute Gasteiger partial charge is 0.225 e. The lowest BCUT2D eigenvalue weighted by atomic mass is 9.94. The van der Waals surface area contributed by atoms with E-state index in [0.29, 0.717) is 6.54 Å². The monoisotopic (exact) mass is 382 g/mol. The summed E-state index contributed by atoms with van der Waals surface area (Å²) in [5.74, 6) is -0.513. The molecule has 2 aromatic rings. The molecule has 0 saturated heterocycles. The van der Waals surface area contributed by atoms with Crippen molar-refractivity contribution >= 4 is 28.2 Å². The maximum atomic E-state index is 12.3. The molecular weight excluding hydrogens is 360 g/mol. The van der Waals surface area contributed by atoms with Crippen LogP contribution in [0.2, 0.25) is 0 Å². The van der Waals surface area contributed by atoms with Crippen molar-refractivity contribution in [2.24, 2.45) is 11.7 Å². The molecule has 1 amide bonds. The highest BCUT2D eigenvalue weighted by Gasteiger charge is 2.21. The molecule has 0 radical (unpaired) electrons. The molecule has 2 aromatic carbocycles. The fourth-order valence-electron chi connectivity index (χ4n) is 2.33. The Kier molecular flexibility index (Phi) is 7.60. The number of carbonyl (C=O) groups is 1. The Hall–Kier alpha value is -1.89. The Bertz CT molecular complexity index is 793. The van der Waals surface area contributed by atoms with Gasteiger partial charge in [-0.1, -0.05) is 49.4 Å². The molecule has 0 spiro atoms. The van der Waals surface area contributed by atoms with Gasteiger partial charge in [-0.25, -0.2) is 8.42 Å². The van der Waals surface area contributed by atoms with Crippen LogP contribution in [0.15, 0.2) is 59.5 Å². The molecule has 25 heavy (non-hydrogen) atoms. The average Bonchev–Trinajstić information content (AvgIpc) is 2.58. The van der Waals surface area contributed by atoms with E-state index in [9.17, 15) is 13.2 Å². The van der Waals surface area contributed by atoms with Gasteiger partial charge in [0.2, 0.25) is 5.91 Å². The van der Waals surface area contributed by atoms with Crippen molar-refractivity contribution in [3.05, 3.63) is 65.7 Å². The van der Waals surface area contributed by atoms with Crippen molar-refractivity contribution in [1.82, 2.24) is 5.32 Å². The number of nitrogens with two attached hydrogens (primary N) is 1. The molecule has 2 unspecified atom stereocenters. The quantitative estimate of drug-likeness (QED) is 0.803. The number of sulfone groups is 1. The molecule has 7 heteroatoms. The molecule has 0 aromatic heterocycles. The summed E-state index contributed by atoms with van der Waals surface area (Å²) in [5.41, 5.74) is 7.89. The number of hydrogen-bond acceptors (Lipinski definition) is 4. The van der Waals surface area contributed by atoms with Crippen LogP contribution in [-0.2, 0) is 21.2 Å². The van der Waals surface area contributed by atoms with Crippen molar-refractivity contribution in [2.75, 3.05) is 6.26 Å². The molecular formula is C18H23ClN2O3S. The van der Waals surface area contributed by atoms with Gasteiger partial charge in [0.05, 0.1) is 10.8 Å². The minimum Gasteiger partial charge on any atom is -0.352 e. The second-order valence-electron chi connectivity index (χ2n) is 5.86. The van der Waals surface area contributed by atoms with E-state index < -0.39 is 9.84 Å². The van der Waals surface area contributed by atoms with E-state index in [1.807, 2.05) is 30.3 Å². The number of nitrogens with one attached hydrogen (secondary N) is 1. The van der Waals surface area contributed by atoms with Gasteiger partial charge in [0, 0.05) is 18.8 Å². The predicted molar refractivity (Wildman–Crippen MR) is 101 cm³/mol. The van der Waals surface area contributed by atoms with Crippen LogP contribution in [0.4, 0.5) is 0 Å². The zero-order chi connectivity index (χ0) is 17.7. The highest BCUT2D eigenvalue weighted by Crippen LogP contribution is 2.19. The van der Waals surface area contributed by atoms with Crippen LogP contribution in [0.3, 0.4) is 0 Å². The van der Waals surface area contributed by atoms with Gasteiger partial charge >= 0.3 is 0 Å². The second-order valence-corrected chi connectivity index (χ2v) is 7.87. The van der Waals surface area contributed by atoms with Gasteiger partial charge < -0.3 is 11.1 Å². The van der Waals surface area contributed by atoms with E-state index in [2.05, 4.69) is 5.32 Å². The van der Waals surface area contributed by atoms with Crippen molar-refractivity contribution in [2.45, 2.75) is 24.4 Å². The molecule has 0 fully saturated rings. The fourth-order valence-corrected chi connectivity index (χ4v) is 2.96. The number of amides is 1. The molecule has 0 aliphatic heterocycles. The SMILES string of the molecule is CC(C(=O)NCc1ccc(S(C)(=O)=O)cc1)C(N)c1ccccc1.Cl. The summed E-state index contributed by atoms with van der Waals surface area (Å²) in [4.78, 5) is 12.5. The number of rotatable bonds is 6.